The lowest BCUT2D eigenvalue weighted by atomic mass is 10.2. The van der Waals surface area contributed by atoms with E-state index in [0.29, 0.717) is 0 Å². The SMILES string of the molecule is CCc1nsc(N2CCN(C(C)C#N)CC2)n1. The number of hydrogen-bond acceptors (Lipinski definition) is 6. The van der Waals surface area contributed by atoms with Gasteiger partial charge in [-0.1, -0.05) is 6.92 Å². The van der Waals surface area contributed by atoms with E-state index in [1.807, 2.05) is 6.92 Å². The van der Waals surface area contributed by atoms with Crippen molar-refractivity contribution >= 4 is 16.7 Å². The van der Waals surface area contributed by atoms with Crippen molar-refractivity contribution in [2.75, 3.05) is 31.1 Å². The van der Waals surface area contributed by atoms with Gasteiger partial charge in [0, 0.05) is 44.1 Å². The minimum absolute atomic E-state index is 0.0118. The fourth-order valence-electron chi connectivity index (χ4n) is 1.90. The maximum atomic E-state index is 8.88. The van der Waals surface area contributed by atoms with Crippen molar-refractivity contribution in [1.29, 1.82) is 5.26 Å². The minimum atomic E-state index is 0.0118. The third-order valence-corrected chi connectivity index (χ3v) is 3.91. The summed E-state index contributed by atoms with van der Waals surface area (Å²) >= 11 is 1.48. The van der Waals surface area contributed by atoms with Crippen LogP contribution >= 0.6 is 11.5 Å². The van der Waals surface area contributed by atoms with Crippen LogP contribution in [0.5, 0.6) is 0 Å². The predicted molar refractivity (Wildman–Crippen MR) is 68.1 cm³/mol. The maximum Gasteiger partial charge on any atom is 0.205 e. The van der Waals surface area contributed by atoms with E-state index in [1.54, 1.807) is 0 Å². The summed E-state index contributed by atoms with van der Waals surface area (Å²) in [6.45, 7) is 7.74. The molecule has 0 N–H and O–H groups in total. The molecule has 1 aromatic heterocycles. The molecule has 1 atom stereocenters. The average molecular weight is 251 g/mol. The summed E-state index contributed by atoms with van der Waals surface area (Å²) in [7, 11) is 0. The third kappa shape index (κ3) is 2.73. The molecule has 0 aromatic carbocycles. The third-order valence-electron chi connectivity index (χ3n) is 3.09. The second-order valence-electron chi connectivity index (χ2n) is 4.17. The molecule has 0 saturated carbocycles. The molecule has 0 spiro atoms. The van der Waals surface area contributed by atoms with Crippen LogP contribution in [0.1, 0.15) is 19.7 Å². The van der Waals surface area contributed by atoms with Crippen molar-refractivity contribution in [2.24, 2.45) is 0 Å². The number of rotatable bonds is 3. The van der Waals surface area contributed by atoms with Gasteiger partial charge in [0.15, 0.2) is 0 Å². The van der Waals surface area contributed by atoms with Gasteiger partial charge in [-0.2, -0.15) is 9.64 Å². The smallest absolute Gasteiger partial charge is 0.205 e. The van der Waals surface area contributed by atoms with Gasteiger partial charge in [-0.25, -0.2) is 4.98 Å². The number of aryl methyl sites for hydroxylation is 1. The van der Waals surface area contributed by atoms with Gasteiger partial charge in [0.05, 0.1) is 12.1 Å². The largest absolute Gasteiger partial charge is 0.344 e. The summed E-state index contributed by atoms with van der Waals surface area (Å²) in [6.07, 6.45) is 0.891. The van der Waals surface area contributed by atoms with Crippen molar-refractivity contribution in [3.05, 3.63) is 5.82 Å². The zero-order valence-electron chi connectivity index (χ0n) is 10.3. The van der Waals surface area contributed by atoms with Gasteiger partial charge in [0.1, 0.15) is 5.82 Å². The van der Waals surface area contributed by atoms with E-state index in [1.165, 1.54) is 11.5 Å². The van der Waals surface area contributed by atoms with Gasteiger partial charge in [-0.15, -0.1) is 0 Å². The summed E-state index contributed by atoms with van der Waals surface area (Å²) < 4.78 is 4.30. The van der Waals surface area contributed by atoms with Crippen LogP contribution in [0.15, 0.2) is 0 Å². The van der Waals surface area contributed by atoms with E-state index in [-0.39, 0.29) is 6.04 Å². The Hall–Kier alpha value is -1.19. The quantitative estimate of drug-likeness (QED) is 0.806. The molecule has 2 heterocycles. The molecule has 0 aliphatic carbocycles. The predicted octanol–water partition coefficient (Wildman–Crippen LogP) is 1.13. The number of hydrogen-bond donors (Lipinski definition) is 0. The highest BCUT2D eigenvalue weighted by molar-refractivity contribution is 7.09. The molecule has 1 aliphatic heterocycles. The first-order valence-corrected chi connectivity index (χ1v) is 6.73. The normalized spacial score (nSPS) is 19.0. The van der Waals surface area contributed by atoms with Gasteiger partial charge in [0.2, 0.25) is 5.13 Å². The fourth-order valence-corrected chi connectivity index (χ4v) is 2.70. The number of aromatic nitrogens is 2. The average Bonchev–Trinajstić information content (AvgIpc) is 2.87. The van der Waals surface area contributed by atoms with Crippen LogP contribution in [0.25, 0.3) is 0 Å². The van der Waals surface area contributed by atoms with Gasteiger partial charge in [-0.05, 0) is 6.92 Å². The van der Waals surface area contributed by atoms with Gasteiger partial charge in [-0.3, -0.25) is 4.90 Å². The number of nitriles is 1. The number of anilines is 1. The Bertz CT molecular complexity index is 402. The first kappa shape index (κ1) is 12.3. The molecule has 0 bridgehead atoms. The van der Waals surface area contributed by atoms with Crippen molar-refractivity contribution < 1.29 is 0 Å². The first-order chi connectivity index (χ1) is 8.24. The number of piperazine rings is 1. The monoisotopic (exact) mass is 251 g/mol. The summed E-state index contributed by atoms with van der Waals surface area (Å²) in [5.74, 6) is 0.929. The van der Waals surface area contributed by atoms with E-state index in [4.69, 9.17) is 5.26 Å². The Kier molecular flexibility index (Phi) is 3.92. The second kappa shape index (κ2) is 5.43. The van der Waals surface area contributed by atoms with E-state index in [9.17, 15) is 0 Å². The Balaban J connectivity index is 1.93. The molecule has 0 amide bonds. The Morgan fingerprint density at radius 2 is 2.12 bits per heavy atom. The highest BCUT2D eigenvalue weighted by Crippen LogP contribution is 2.19. The molecule has 0 radical (unpaired) electrons. The van der Waals surface area contributed by atoms with Crippen LogP contribution in [0.3, 0.4) is 0 Å². The summed E-state index contributed by atoms with van der Waals surface area (Å²) in [4.78, 5) is 8.96. The van der Waals surface area contributed by atoms with Crippen molar-refractivity contribution in [3.8, 4) is 6.07 Å². The van der Waals surface area contributed by atoms with Crippen molar-refractivity contribution in [2.45, 2.75) is 26.3 Å². The molecule has 1 saturated heterocycles. The lowest BCUT2D eigenvalue weighted by Gasteiger charge is -2.35. The molecule has 92 valence electrons. The molecule has 1 aromatic rings. The van der Waals surface area contributed by atoms with Crippen LogP contribution in [-0.2, 0) is 6.42 Å². The highest BCUT2D eigenvalue weighted by Gasteiger charge is 2.22. The molecule has 1 aliphatic rings. The Morgan fingerprint density at radius 3 is 2.65 bits per heavy atom. The first-order valence-electron chi connectivity index (χ1n) is 5.95. The molecular weight excluding hydrogens is 234 g/mol. The Morgan fingerprint density at radius 1 is 1.41 bits per heavy atom. The molecule has 2 rings (SSSR count). The molecule has 17 heavy (non-hydrogen) atoms. The molecule has 1 fully saturated rings. The van der Waals surface area contributed by atoms with Crippen LogP contribution in [0, 0.1) is 11.3 Å². The van der Waals surface area contributed by atoms with Crippen molar-refractivity contribution in [3.63, 3.8) is 0 Å². The highest BCUT2D eigenvalue weighted by atomic mass is 32.1. The summed E-state index contributed by atoms with van der Waals surface area (Å²) in [5.41, 5.74) is 0. The topological polar surface area (TPSA) is 56.1 Å². The van der Waals surface area contributed by atoms with Crippen LogP contribution in [-0.4, -0.2) is 46.5 Å². The molecule has 5 nitrogen and oxygen atoms in total. The van der Waals surface area contributed by atoms with Crippen molar-refractivity contribution in [1.82, 2.24) is 14.3 Å². The number of nitrogens with zero attached hydrogens (tertiary/aromatic N) is 5. The van der Waals surface area contributed by atoms with Crippen LogP contribution < -0.4 is 4.90 Å². The van der Waals surface area contributed by atoms with Gasteiger partial charge in [0.25, 0.3) is 0 Å². The van der Waals surface area contributed by atoms with E-state index in [2.05, 4.69) is 32.2 Å². The molecular formula is C11H17N5S. The summed E-state index contributed by atoms with van der Waals surface area (Å²) in [5, 5.41) is 9.90. The fraction of sp³-hybridized carbons (Fsp3) is 0.727. The zero-order chi connectivity index (χ0) is 12.3. The second-order valence-corrected chi connectivity index (χ2v) is 4.91. The van der Waals surface area contributed by atoms with E-state index in [0.717, 1.165) is 43.6 Å². The zero-order valence-corrected chi connectivity index (χ0v) is 11.1. The van der Waals surface area contributed by atoms with Crippen LogP contribution in [0.4, 0.5) is 5.13 Å². The van der Waals surface area contributed by atoms with Gasteiger partial charge >= 0.3 is 0 Å². The summed E-state index contributed by atoms with van der Waals surface area (Å²) in [6, 6.07) is 2.30. The lowest BCUT2D eigenvalue weighted by Crippen LogP contribution is -2.49. The maximum absolute atomic E-state index is 8.88. The molecule has 1 unspecified atom stereocenters. The minimum Gasteiger partial charge on any atom is -0.344 e. The van der Waals surface area contributed by atoms with E-state index >= 15 is 0 Å². The molecule has 6 heteroatoms. The van der Waals surface area contributed by atoms with E-state index < -0.39 is 0 Å². The standard InChI is InChI=1S/C11H17N5S/c1-3-10-13-11(17-14-10)16-6-4-15(5-7-16)9(2)8-12/h9H,3-7H2,1-2H3. The Labute approximate surface area is 106 Å². The van der Waals surface area contributed by atoms with Crippen LogP contribution in [0.2, 0.25) is 0 Å². The van der Waals surface area contributed by atoms with Gasteiger partial charge < -0.3 is 4.90 Å². The lowest BCUT2D eigenvalue weighted by molar-refractivity contribution is 0.231.